The minimum Gasteiger partial charge on any atom is -0.466 e. The Morgan fingerprint density at radius 1 is 0.459 bits per heavy atom. The summed E-state index contributed by atoms with van der Waals surface area (Å²) in [7, 11) is -4.52. The summed E-state index contributed by atoms with van der Waals surface area (Å²) in [5.41, 5.74) is 7.45. The minimum absolute atomic E-state index is 0.195. The van der Waals surface area contributed by atoms with Gasteiger partial charge in [0.1, 0.15) is 0 Å². The van der Waals surface area contributed by atoms with Gasteiger partial charge in [0, 0.05) is 56.3 Å². The normalized spacial score (nSPS) is 11.7. The number of anilines is 3. The van der Waals surface area contributed by atoms with Gasteiger partial charge < -0.3 is 32.1 Å². The van der Waals surface area contributed by atoms with Crippen molar-refractivity contribution < 1.29 is 36.8 Å². The fraction of sp³-hybridized carbons (Fsp3) is 0.480. The molecule has 0 heterocycles. The second-order valence-electron chi connectivity index (χ2n) is 15.9. The Kier molecular flexibility index (Phi) is 22.0. The number of carbonyl (C=O) groups is 2. The summed E-state index contributed by atoms with van der Waals surface area (Å²) in [5.74, 6) is -0.389. The summed E-state index contributed by atoms with van der Waals surface area (Å²) in [6.07, 6.45) is 7.10. The molecule has 332 valence electrons. The van der Waals surface area contributed by atoms with E-state index in [0.717, 1.165) is 89.9 Å². The van der Waals surface area contributed by atoms with Crippen LogP contribution in [0.3, 0.4) is 0 Å². The van der Waals surface area contributed by atoms with Crippen LogP contribution < -0.4 is 4.90 Å². The van der Waals surface area contributed by atoms with Crippen LogP contribution in [-0.2, 0) is 49.6 Å². The largest absolute Gasteiger partial charge is 0.466 e. The molecule has 0 aliphatic carbocycles. The topological polar surface area (TPSA) is 92.8 Å². The lowest BCUT2D eigenvalue weighted by Crippen LogP contribution is -2.39. The fourth-order valence-corrected chi connectivity index (χ4v) is 11.8. The molecule has 61 heavy (non-hydrogen) atoms. The lowest BCUT2D eigenvalue weighted by atomic mass is 10.0. The highest BCUT2D eigenvalue weighted by Crippen LogP contribution is 2.36. The molecule has 0 radical (unpaired) electrons. The van der Waals surface area contributed by atoms with E-state index in [1.54, 1.807) is 0 Å². The lowest BCUT2D eigenvalue weighted by molar-refractivity contribution is -0.144. The molecule has 0 unspecified atom stereocenters. The standard InChI is InChI=1S/C50H71NO8Si2/c1-7-34-56-60(5,57-35-8-2)40-14-38-54-49(52)32-22-42-18-26-46(27-19-42)51(48-30-24-45(25-31-48)44-16-12-11-13-17-44)47-28-20-43(21-29-47)23-33-50(53)55-39-15-41-61(6,58-36-9-3)59-37-10-4/h11-13,16-21,24-31H,7-10,14-15,22-23,32-41H2,1-6H3. The maximum atomic E-state index is 12.7. The first-order valence-electron chi connectivity index (χ1n) is 22.6. The molecule has 0 amide bonds. The smallest absolute Gasteiger partial charge is 0.335 e. The Bertz CT molecular complexity index is 1710. The van der Waals surface area contributed by atoms with E-state index < -0.39 is 17.1 Å². The van der Waals surface area contributed by atoms with Gasteiger partial charge in [-0.25, -0.2) is 0 Å². The monoisotopic (exact) mass is 869 g/mol. The van der Waals surface area contributed by atoms with Gasteiger partial charge in [-0.3, -0.25) is 9.59 Å². The molecule has 4 aromatic rings. The van der Waals surface area contributed by atoms with Crippen molar-refractivity contribution in [3.05, 3.63) is 114 Å². The van der Waals surface area contributed by atoms with Gasteiger partial charge in [0.15, 0.2) is 0 Å². The maximum Gasteiger partial charge on any atom is 0.335 e. The molecule has 0 aliphatic rings. The van der Waals surface area contributed by atoms with Crippen LogP contribution in [0, 0.1) is 0 Å². The van der Waals surface area contributed by atoms with Crippen molar-refractivity contribution in [1.29, 1.82) is 0 Å². The predicted octanol–water partition coefficient (Wildman–Crippen LogP) is 12.4. The zero-order valence-electron chi connectivity index (χ0n) is 37.8. The SMILES string of the molecule is CCCO[Si](C)(CCCOC(=O)CCc1ccc(N(c2ccc(CCC(=O)OCCC[Si](C)(OCCC)OCCC)cc2)c2ccc(-c3ccccc3)cc2)cc1)OCCC. The van der Waals surface area contributed by atoms with Gasteiger partial charge in [-0.1, -0.05) is 94.4 Å². The summed E-state index contributed by atoms with van der Waals surface area (Å²) in [4.78, 5) is 27.6. The van der Waals surface area contributed by atoms with Gasteiger partial charge in [0.2, 0.25) is 0 Å². The highest BCUT2D eigenvalue weighted by Gasteiger charge is 2.31. The van der Waals surface area contributed by atoms with Gasteiger partial charge in [0.05, 0.1) is 13.2 Å². The van der Waals surface area contributed by atoms with Crippen LogP contribution >= 0.6 is 0 Å². The third-order valence-electron chi connectivity index (χ3n) is 10.4. The van der Waals surface area contributed by atoms with Crippen molar-refractivity contribution in [1.82, 2.24) is 0 Å². The summed E-state index contributed by atoms with van der Waals surface area (Å²) in [6.45, 7) is 16.2. The van der Waals surface area contributed by atoms with Gasteiger partial charge in [-0.2, -0.15) is 0 Å². The van der Waals surface area contributed by atoms with Crippen molar-refractivity contribution in [2.24, 2.45) is 0 Å². The number of benzene rings is 4. The van der Waals surface area contributed by atoms with Crippen molar-refractivity contribution in [3.63, 3.8) is 0 Å². The molecule has 0 atom stereocenters. The molecule has 4 aromatic carbocycles. The molecule has 9 nitrogen and oxygen atoms in total. The summed E-state index contributed by atoms with van der Waals surface area (Å²) in [5, 5.41) is 0. The first-order valence-corrected chi connectivity index (χ1v) is 27.7. The predicted molar refractivity (Wildman–Crippen MR) is 252 cm³/mol. The zero-order chi connectivity index (χ0) is 43.8. The lowest BCUT2D eigenvalue weighted by Gasteiger charge is -2.26. The van der Waals surface area contributed by atoms with Crippen molar-refractivity contribution in [2.45, 2.75) is 117 Å². The molecule has 0 saturated heterocycles. The van der Waals surface area contributed by atoms with Gasteiger partial charge in [-0.05, 0) is 135 Å². The fourth-order valence-electron chi connectivity index (χ4n) is 6.94. The number of hydrogen-bond donors (Lipinski definition) is 0. The number of hydrogen-bond acceptors (Lipinski definition) is 9. The molecule has 4 rings (SSSR count). The molecular weight excluding hydrogens is 799 g/mol. The Balaban J connectivity index is 1.35. The second-order valence-corrected chi connectivity index (χ2v) is 22.6. The first kappa shape index (κ1) is 49.5. The molecule has 0 saturated carbocycles. The molecule has 0 N–H and O–H groups in total. The van der Waals surface area contributed by atoms with Crippen LogP contribution in [0.15, 0.2) is 103 Å². The van der Waals surface area contributed by atoms with Crippen LogP contribution in [-0.4, -0.2) is 68.7 Å². The first-order chi connectivity index (χ1) is 29.6. The Morgan fingerprint density at radius 3 is 1.16 bits per heavy atom. The summed E-state index contributed by atoms with van der Waals surface area (Å²) >= 11 is 0. The second kappa shape index (κ2) is 27.1. The van der Waals surface area contributed by atoms with Crippen LogP contribution in [0.2, 0.25) is 25.2 Å². The van der Waals surface area contributed by atoms with Gasteiger partial charge >= 0.3 is 29.1 Å². The average Bonchev–Trinajstić information content (AvgIpc) is 3.29. The zero-order valence-corrected chi connectivity index (χ0v) is 39.8. The molecule has 0 fully saturated rings. The van der Waals surface area contributed by atoms with Crippen LogP contribution in [0.1, 0.15) is 90.2 Å². The van der Waals surface area contributed by atoms with Crippen molar-refractivity contribution in [3.8, 4) is 11.1 Å². The van der Waals surface area contributed by atoms with Crippen LogP contribution in [0.5, 0.6) is 0 Å². The molecule has 11 heteroatoms. The number of rotatable bonds is 30. The van der Waals surface area contributed by atoms with E-state index in [9.17, 15) is 9.59 Å². The van der Waals surface area contributed by atoms with E-state index >= 15 is 0 Å². The number of ether oxygens (including phenoxy) is 2. The van der Waals surface area contributed by atoms with Gasteiger partial charge in [-0.15, -0.1) is 0 Å². The highest BCUT2D eigenvalue weighted by atomic mass is 28.4. The molecular formula is C50H71NO8Si2. The maximum absolute atomic E-state index is 12.7. The van der Waals surface area contributed by atoms with Crippen LogP contribution in [0.25, 0.3) is 11.1 Å². The van der Waals surface area contributed by atoms with E-state index in [0.29, 0.717) is 65.3 Å². The third-order valence-corrected chi connectivity index (χ3v) is 16.2. The molecule has 0 spiro atoms. The number of nitrogens with zero attached hydrogens (tertiary/aromatic N) is 1. The van der Waals surface area contributed by atoms with E-state index in [4.69, 9.17) is 27.2 Å². The average molecular weight is 870 g/mol. The van der Waals surface area contributed by atoms with E-state index in [1.807, 2.05) is 6.07 Å². The Hall–Kier alpha value is -4.11. The number of esters is 2. The third kappa shape index (κ3) is 17.7. The van der Waals surface area contributed by atoms with E-state index in [-0.39, 0.29) is 11.9 Å². The van der Waals surface area contributed by atoms with E-state index in [2.05, 4.69) is 143 Å². The minimum atomic E-state index is -2.26. The Labute approximate surface area is 368 Å². The quantitative estimate of drug-likeness (QED) is 0.0288. The van der Waals surface area contributed by atoms with Crippen LogP contribution in [0.4, 0.5) is 17.1 Å². The Morgan fingerprint density at radius 2 is 0.803 bits per heavy atom. The molecule has 0 aromatic heterocycles. The molecule has 0 aliphatic heterocycles. The van der Waals surface area contributed by atoms with Crippen molar-refractivity contribution >= 4 is 46.1 Å². The number of aryl methyl sites for hydroxylation is 2. The molecule has 0 bridgehead atoms. The van der Waals surface area contributed by atoms with E-state index in [1.165, 1.54) is 0 Å². The summed E-state index contributed by atoms with van der Waals surface area (Å²) in [6, 6.07) is 37.3. The van der Waals surface area contributed by atoms with Crippen molar-refractivity contribution in [2.75, 3.05) is 44.5 Å². The summed E-state index contributed by atoms with van der Waals surface area (Å²) < 4.78 is 35.7. The van der Waals surface area contributed by atoms with Gasteiger partial charge in [0.25, 0.3) is 0 Å². The number of carbonyl (C=O) groups excluding carboxylic acids is 2. The highest BCUT2D eigenvalue weighted by molar-refractivity contribution is 6.66.